The van der Waals surface area contributed by atoms with Crippen LogP contribution in [0.3, 0.4) is 0 Å². The summed E-state index contributed by atoms with van der Waals surface area (Å²) >= 11 is 0. The van der Waals surface area contributed by atoms with E-state index in [1.165, 1.54) is 0 Å². The van der Waals surface area contributed by atoms with Crippen molar-refractivity contribution in [3.63, 3.8) is 0 Å². The fraction of sp³-hybridized carbons (Fsp3) is 0.778. The highest BCUT2D eigenvalue weighted by Crippen LogP contribution is 1.94. The topological polar surface area (TPSA) is 66.0 Å². The molecule has 1 aromatic heterocycles. The SMILES string of the molecule is CC(C)OCCn1cc(CCN)nn1. The second-order valence-electron chi connectivity index (χ2n) is 3.43. The smallest absolute Gasteiger partial charge is 0.0839 e. The van der Waals surface area contributed by atoms with Crippen molar-refractivity contribution in [2.24, 2.45) is 5.73 Å². The molecule has 0 unspecified atom stereocenters. The van der Waals surface area contributed by atoms with Crippen molar-refractivity contribution in [3.8, 4) is 0 Å². The standard InChI is InChI=1S/C9H18N4O/c1-8(2)14-6-5-13-7-9(3-4-10)11-12-13/h7-8H,3-6,10H2,1-2H3. The molecule has 1 rings (SSSR count). The minimum absolute atomic E-state index is 0.266. The molecule has 0 saturated carbocycles. The van der Waals surface area contributed by atoms with Gasteiger partial charge >= 0.3 is 0 Å². The molecule has 0 spiro atoms. The van der Waals surface area contributed by atoms with Gasteiger partial charge in [-0.15, -0.1) is 5.10 Å². The Morgan fingerprint density at radius 3 is 3.00 bits per heavy atom. The first-order valence-electron chi connectivity index (χ1n) is 4.93. The zero-order chi connectivity index (χ0) is 10.4. The van der Waals surface area contributed by atoms with E-state index in [1.54, 1.807) is 4.68 Å². The third-order valence-corrected chi connectivity index (χ3v) is 1.76. The maximum atomic E-state index is 5.41. The maximum absolute atomic E-state index is 5.41. The lowest BCUT2D eigenvalue weighted by molar-refractivity contribution is 0.0707. The van der Waals surface area contributed by atoms with Gasteiger partial charge in [-0.2, -0.15) is 0 Å². The molecule has 0 atom stereocenters. The third-order valence-electron chi connectivity index (χ3n) is 1.76. The molecular formula is C9H18N4O. The van der Waals surface area contributed by atoms with Crippen LogP contribution in [0.25, 0.3) is 0 Å². The molecule has 80 valence electrons. The van der Waals surface area contributed by atoms with Gasteiger partial charge in [-0.3, -0.25) is 0 Å². The third kappa shape index (κ3) is 3.85. The Bertz CT molecular complexity index is 259. The lowest BCUT2D eigenvalue weighted by Crippen LogP contribution is -2.10. The average Bonchev–Trinajstić information content (AvgIpc) is 2.53. The van der Waals surface area contributed by atoms with Crippen LogP contribution in [-0.2, 0) is 17.7 Å². The Hall–Kier alpha value is -0.940. The molecule has 5 nitrogen and oxygen atoms in total. The average molecular weight is 198 g/mol. The first-order chi connectivity index (χ1) is 6.72. The van der Waals surface area contributed by atoms with E-state index in [1.807, 2.05) is 20.0 Å². The van der Waals surface area contributed by atoms with Crippen LogP contribution >= 0.6 is 0 Å². The fourth-order valence-corrected chi connectivity index (χ4v) is 1.09. The van der Waals surface area contributed by atoms with Gasteiger partial charge in [0.25, 0.3) is 0 Å². The minimum Gasteiger partial charge on any atom is -0.377 e. The minimum atomic E-state index is 0.266. The summed E-state index contributed by atoms with van der Waals surface area (Å²) in [5.41, 5.74) is 6.35. The maximum Gasteiger partial charge on any atom is 0.0839 e. The first-order valence-corrected chi connectivity index (χ1v) is 4.93. The molecule has 5 heteroatoms. The van der Waals surface area contributed by atoms with Gasteiger partial charge in [-0.05, 0) is 20.4 Å². The first kappa shape index (κ1) is 11.1. The monoisotopic (exact) mass is 198 g/mol. The molecule has 0 aliphatic rings. The van der Waals surface area contributed by atoms with Gasteiger partial charge in [0.1, 0.15) is 0 Å². The van der Waals surface area contributed by atoms with Crippen LogP contribution in [0.4, 0.5) is 0 Å². The van der Waals surface area contributed by atoms with Crippen LogP contribution in [0, 0.1) is 0 Å². The highest BCUT2D eigenvalue weighted by Gasteiger charge is 1.99. The second kappa shape index (κ2) is 5.72. The van der Waals surface area contributed by atoms with Crippen LogP contribution in [0.5, 0.6) is 0 Å². The lowest BCUT2D eigenvalue weighted by atomic mass is 10.3. The molecule has 0 aromatic carbocycles. The Morgan fingerprint density at radius 2 is 2.36 bits per heavy atom. The molecule has 0 aliphatic carbocycles. The molecule has 0 radical (unpaired) electrons. The van der Waals surface area contributed by atoms with Gasteiger partial charge in [-0.1, -0.05) is 5.21 Å². The van der Waals surface area contributed by atoms with E-state index in [0.717, 1.165) is 18.7 Å². The van der Waals surface area contributed by atoms with Crippen LogP contribution < -0.4 is 5.73 Å². The van der Waals surface area contributed by atoms with E-state index in [4.69, 9.17) is 10.5 Å². The van der Waals surface area contributed by atoms with Crippen molar-refractivity contribution in [1.29, 1.82) is 0 Å². The lowest BCUT2D eigenvalue weighted by Gasteiger charge is -2.06. The van der Waals surface area contributed by atoms with Crippen molar-refractivity contribution < 1.29 is 4.74 Å². The number of aromatic nitrogens is 3. The Labute approximate surface area is 84.2 Å². The van der Waals surface area contributed by atoms with Crippen molar-refractivity contribution in [2.45, 2.75) is 32.9 Å². The number of ether oxygens (including phenoxy) is 1. The zero-order valence-corrected chi connectivity index (χ0v) is 8.81. The highest BCUT2D eigenvalue weighted by atomic mass is 16.5. The number of hydrogen-bond donors (Lipinski definition) is 1. The summed E-state index contributed by atoms with van der Waals surface area (Å²) < 4.78 is 7.19. The van der Waals surface area contributed by atoms with Gasteiger partial charge in [0.15, 0.2) is 0 Å². The van der Waals surface area contributed by atoms with Crippen LogP contribution in [-0.4, -0.2) is 34.2 Å². The van der Waals surface area contributed by atoms with Crippen molar-refractivity contribution in [1.82, 2.24) is 15.0 Å². The zero-order valence-electron chi connectivity index (χ0n) is 8.81. The quantitative estimate of drug-likeness (QED) is 0.709. The fourth-order valence-electron chi connectivity index (χ4n) is 1.09. The second-order valence-corrected chi connectivity index (χ2v) is 3.43. The molecule has 2 N–H and O–H groups in total. The number of nitrogens with zero attached hydrogens (tertiary/aromatic N) is 3. The molecule has 1 heterocycles. The molecule has 0 amide bonds. The van der Waals surface area contributed by atoms with Gasteiger partial charge in [0, 0.05) is 12.6 Å². The van der Waals surface area contributed by atoms with Gasteiger partial charge in [0.2, 0.25) is 0 Å². The summed E-state index contributed by atoms with van der Waals surface area (Å²) in [7, 11) is 0. The Kier molecular flexibility index (Phi) is 4.55. The van der Waals surface area contributed by atoms with Gasteiger partial charge < -0.3 is 10.5 Å². The molecule has 0 saturated heterocycles. The van der Waals surface area contributed by atoms with E-state index < -0.39 is 0 Å². The van der Waals surface area contributed by atoms with E-state index in [2.05, 4.69) is 10.3 Å². The summed E-state index contributed by atoms with van der Waals surface area (Å²) in [6, 6.07) is 0. The van der Waals surface area contributed by atoms with Gasteiger partial charge in [0.05, 0.1) is 24.9 Å². The Morgan fingerprint density at radius 1 is 1.57 bits per heavy atom. The van der Waals surface area contributed by atoms with Crippen molar-refractivity contribution >= 4 is 0 Å². The van der Waals surface area contributed by atoms with Crippen LogP contribution in [0.1, 0.15) is 19.5 Å². The van der Waals surface area contributed by atoms with E-state index in [-0.39, 0.29) is 6.10 Å². The summed E-state index contributed by atoms with van der Waals surface area (Å²) in [4.78, 5) is 0. The molecule has 0 aliphatic heterocycles. The molecule has 14 heavy (non-hydrogen) atoms. The number of hydrogen-bond acceptors (Lipinski definition) is 4. The highest BCUT2D eigenvalue weighted by molar-refractivity contribution is 4.92. The summed E-state index contributed by atoms with van der Waals surface area (Å²) in [5, 5.41) is 7.94. The number of rotatable bonds is 6. The molecule has 1 aromatic rings. The summed E-state index contributed by atoms with van der Waals surface area (Å²) in [5.74, 6) is 0. The van der Waals surface area contributed by atoms with Gasteiger partial charge in [-0.25, -0.2) is 4.68 Å². The van der Waals surface area contributed by atoms with E-state index in [9.17, 15) is 0 Å². The predicted octanol–water partition coefficient (Wildman–Crippen LogP) is 0.204. The summed E-state index contributed by atoms with van der Waals surface area (Å²) in [6.45, 7) is 6.06. The van der Waals surface area contributed by atoms with Crippen LogP contribution in [0.15, 0.2) is 6.20 Å². The summed E-state index contributed by atoms with van der Waals surface area (Å²) in [6.07, 6.45) is 2.96. The number of nitrogens with two attached hydrogens (primary N) is 1. The predicted molar refractivity (Wildman–Crippen MR) is 53.9 cm³/mol. The Balaban J connectivity index is 2.28. The van der Waals surface area contributed by atoms with E-state index >= 15 is 0 Å². The largest absolute Gasteiger partial charge is 0.377 e. The van der Waals surface area contributed by atoms with Crippen molar-refractivity contribution in [3.05, 3.63) is 11.9 Å². The molecule has 0 fully saturated rings. The van der Waals surface area contributed by atoms with Crippen LogP contribution in [0.2, 0.25) is 0 Å². The molecule has 0 bridgehead atoms. The van der Waals surface area contributed by atoms with Crippen molar-refractivity contribution in [2.75, 3.05) is 13.2 Å². The molecular weight excluding hydrogens is 180 g/mol. The van der Waals surface area contributed by atoms with E-state index in [0.29, 0.717) is 13.2 Å². The normalized spacial score (nSPS) is 11.1.